The number of benzene rings is 3. The normalized spacial score (nSPS) is 11.4. The number of primary amides is 1. The van der Waals surface area contributed by atoms with Gasteiger partial charge in [-0.2, -0.15) is 0 Å². The van der Waals surface area contributed by atoms with Crippen LogP contribution in [-0.2, 0) is 14.4 Å². The van der Waals surface area contributed by atoms with Gasteiger partial charge in [0.2, 0.25) is 18.2 Å². The highest BCUT2D eigenvalue weighted by atomic mass is 35.5. The smallest absolute Gasteiger partial charge is 0.248 e. The zero-order chi connectivity index (χ0) is 31.1. The lowest BCUT2D eigenvalue weighted by Gasteiger charge is -2.26. The number of hydrogen-bond donors (Lipinski definition) is 4. The van der Waals surface area contributed by atoms with E-state index >= 15 is 0 Å². The number of nitrogens with zero attached hydrogens (tertiary/aromatic N) is 2. The van der Waals surface area contributed by atoms with Crippen molar-refractivity contribution in [2.24, 2.45) is 15.5 Å². The van der Waals surface area contributed by atoms with E-state index < -0.39 is 13.0 Å². The van der Waals surface area contributed by atoms with Crippen LogP contribution in [-0.4, -0.2) is 55.7 Å². The van der Waals surface area contributed by atoms with Gasteiger partial charge in [0, 0.05) is 29.0 Å². The number of guanidine groups is 1. The van der Waals surface area contributed by atoms with E-state index in [1.54, 1.807) is 0 Å². The van der Waals surface area contributed by atoms with Crippen molar-refractivity contribution >= 4 is 70.4 Å². The van der Waals surface area contributed by atoms with E-state index in [4.69, 9.17) is 33.7 Å². The molecule has 0 aliphatic carbocycles. The first-order chi connectivity index (χ1) is 20.4. The molecule has 1 aliphatic heterocycles. The van der Waals surface area contributed by atoms with E-state index in [1.807, 2.05) is 68.4 Å². The first-order valence-corrected chi connectivity index (χ1v) is 16.1. The summed E-state index contributed by atoms with van der Waals surface area (Å²) in [6, 6.07) is 30.5. The van der Waals surface area contributed by atoms with Crippen molar-refractivity contribution < 1.29 is 14.4 Å². The second kappa shape index (κ2) is 22.0. The molecule has 3 aromatic rings. The average Bonchev–Trinajstić information content (AvgIpc) is 3.43. The molecule has 3 aromatic carbocycles. The zero-order valence-corrected chi connectivity index (χ0v) is 26.3. The molecule has 3 amide bonds. The number of hydrogen-bond acceptors (Lipinski definition) is 6. The predicted octanol–water partition coefficient (Wildman–Crippen LogP) is 3.30. The molecule has 0 radical (unpaired) electrons. The Balaban J connectivity index is 0.000000401. The van der Waals surface area contributed by atoms with Gasteiger partial charge in [-0.15, -0.1) is 23.2 Å². The number of rotatable bonds is 9. The van der Waals surface area contributed by atoms with E-state index in [9.17, 15) is 14.4 Å². The van der Waals surface area contributed by atoms with Crippen LogP contribution in [0.25, 0.3) is 0 Å². The number of aliphatic imine (C=N–C) groups is 1. The van der Waals surface area contributed by atoms with Crippen LogP contribution in [0.2, 0.25) is 0 Å². The Labute approximate surface area is 258 Å². The van der Waals surface area contributed by atoms with Gasteiger partial charge in [-0.3, -0.25) is 24.4 Å². The summed E-state index contributed by atoms with van der Waals surface area (Å²) in [7, 11) is -2.28. The molecular formula is C30H39Cl2N6O3P. The quantitative estimate of drug-likeness (QED) is 0.124. The van der Waals surface area contributed by atoms with Crippen molar-refractivity contribution in [3.63, 3.8) is 0 Å². The maximum absolute atomic E-state index is 11.5. The van der Waals surface area contributed by atoms with Crippen LogP contribution >= 0.6 is 30.3 Å². The van der Waals surface area contributed by atoms with Gasteiger partial charge in [0.25, 0.3) is 0 Å². The van der Waals surface area contributed by atoms with Crippen LogP contribution in [0.1, 0.15) is 20.3 Å². The minimum atomic E-state index is -2.28. The van der Waals surface area contributed by atoms with Crippen LogP contribution in [0.4, 0.5) is 0 Å². The highest BCUT2D eigenvalue weighted by molar-refractivity contribution is 7.87. The maximum Gasteiger partial charge on any atom is 0.248 e. The summed E-state index contributed by atoms with van der Waals surface area (Å²) in [6.07, 6.45) is 1.72. The van der Waals surface area contributed by atoms with Crippen molar-refractivity contribution in [1.82, 2.24) is 16.0 Å². The fourth-order valence-electron chi connectivity index (χ4n) is 3.63. The van der Waals surface area contributed by atoms with Crippen LogP contribution in [0.5, 0.6) is 0 Å². The van der Waals surface area contributed by atoms with Gasteiger partial charge < -0.3 is 16.4 Å². The molecule has 0 fully saturated rings. The minimum absolute atomic E-state index is 0.00641. The molecule has 9 nitrogen and oxygen atoms in total. The molecule has 4 rings (SSSR count). The summed E-state index contributed by atoms with van der Waals surface area (Å²) in [6.45, 7) is 5.82. The lowest BCUT2D eigenvalue weighted by atomic mass is 10.4. The van der Waals surface area contributed by atoms with Crippen LogP contribution < -0.4 is 37.6 Å². The molecule has 0 aromatic heterocycles. The minimum Gasteiger partial charge on any atom is -0.368 e. The summed E-state index contributed by atoms with van der Waals surface area (Å²) in [5.74, 6) is 0.149. The van der Waals surface area contributed by atoms with Crippen LogP contribution in [0.3, 0.4) is 0 Å². The van der Waals surface area contributed by atoms with Crippen molar-refractivity contribution in [2.75, 3.05) is 31.5 Å². The molecule has 226 valence electrons. The molecule has 0 saturated carbocycles. The monoisotopic (exact) mass is 632 g/mol. The number of nitrogens with one attached hydrogen (secondary N) is 3. The third-order valence-corrected chi connectivity index (χ3v) is 8.99. The lowest BCUT2D eigenvalue weighted by molar-refractivity contribution is -0.118. The van der Waals surface area contributed by atoms with E-state index in [1.165, 1.54) is 0 Å². The summed E-state index contributed by atoms with van der Waals surface area (Å²) in [5, 5.41) is 11.5. The Hall–Kier alpha value is -3.65. The Bertz CT molecular complexity index is 1180. The largest absolute Gasteiger partial charge is 0.368 e. The van der Waals surface area contributed by atoms with Gasteiger partial charge in [-0.25, -0.2) is 4.99 Å². The summed E-state index contributed by atoms with van der Waals surface area (Å²) >= 11 is 9.53. The molecule has 0 spiro atoms. The fraction of sp³-hybridized carbons (Fsp3) is 0.267. The first kappa shape index (κ1) is 36.4. The number of amides is 3. The van der Waals surface area contributed by atoms with Gasteiger partial charge in [0.05, 0.1) is 12.4 Å². The van der Waals surface area contributed by atoms with Crippen molar-refractivity contribution in [3.05, 3.63) is 91.0 Å². The molecule has 0 saturated heterocycles. The Morgan fingerprint density at radius 2 is 1.40 bits per heavy atom. The van der Waals surface area contributed by atoms with Crippen LogP contribution in [0, 0.1) is 0 Å². The van der Waals surface area contributed by atoms with E-state index in [-0.39, 0.29) is 24.3 Å². The first-order valence-electron chi connectivity index (χ1n) is 13.3. The molecule has 12 heteroatoms. The Morgan fingerprint density at radius 3 is 1.69 bits per heavy atom. The third-order valence-electron chi connectivity index (χ3n) is 5.29. The number of carbonyl (C=O) groups excluding carboxylic acids is 3. The predicted molar refractivity (Wildman–Crippen MR) is 177 cm³/mol. The molecule has 1 heterocycles. The number of halogens is 2. The fourth-order valence-corrected chi connectivity index (χ4v) is 7.18. The SMILES string of the molecule is CCCNC=O.CCNC1=NCC(=O)N1.ClCCl.NC(=O)CN=P(c1ccccc1)(c1ccccc1)c1ccccc1. The number of carbonyl (C=O) groups is 3. The number of nitrogens with two attached hydrogens (primary N) is 1. The highest BCUT2D eigenvalue weighted by Gasteiger charge is 2.26. The second-order valence-electron chi connectivity index (χ2n) is 8.32. The molecule has 0 bridgehead atoms. The van der Waals surface area contributed by atoms with E-state index in [0.29, 0.717) is 12.4 Å². The van der Waals surface area contributed by atoms with Gasteiger partial charge in [-0.1, -0.05) is 97.9 Å². The standard InChI is InChI=1S/C20H19N2OP.C5H9N3O.C4H9NO.CH2Cl2/c21-20(23)16-22-24(17-10-4-1-5-11-17,18-12-6-2-7-13-18)19-14-8-3-9-15-19;1-2-6-5-7-3-4(9)8-5;1-2-3-5-4-6;2-1-3/h1-15H,16H2,(H2,21,23);2-3H2,1H3,(H2,6,7,8,9);4H,2-3H2,1H3,(H,5,6);1H2. The topological polar surface area (TPSA) is 138 Å². The molecular weight excluding hydrogens is 594 g/mol. The summed E-state index contributed by atoms with van der Waals surface area (Å²) in [5.41, 5.74) is 5.42. The van der Waals surface area contributed by atoms with Crippen molar-refractivity contribution in [2.45, 2.75) is 20.3 Å². The summed E-state index contributed by atoms with van der Waals surface area (Å²) in [4.78, 5) is 35.3. The molecule has 1 aliphatic rings. The summed E-state index contributed by atoms with van der Waals surface area (Å²) < 4.78 is 4.90. The van der Waals surface area contributed by atoms with Gasteiger partial charge in [0.15, 0.2) is 5.96 Å². The van der Waals surface area contributed by atoms with Crippen LogP contribution in [0.15, 0.2) is 101 Å². The van der Waals surface area contributed by atoms with Gasteiger partial charge in [-0.05, 0) is 13.3 Å². The third kappa shape index (κ3) is 12.9. The van der Waals surface area contributed by atoms with E-state index in [0.717, 1.165) is 35.4 Å². The molecule has 42 heavy (non-hydrogen) atoms. The Kier molecular flexibility index (Phi) is 19.1. The lowest BCUT2D eigenvalue weighted by Crippen LogP contribution is -2.35. The van der Waals surface area contributed by atoms with Gasteiger partial charge in [0.1, 0.15) is 13.1 Å². The van der Waals surface area contributed by atoms with Gasteiger partial charge >= 0.3 is 0 Å². The average molecular weight is 634 g/mol. The molecule has 5 N–H and O–H groups in total. The highest BCUT2D eigenvalue weighted by Crippen LogP contribution is 2.46. The van der Waals surface area contributed by atoms with Crippen molar-refractivity contribution in [3.8, 4) is 0 Å². The Morgan fingerprint density at radius 1 is 0.952 bits per heavy atom. The van der Waals surface area contributed by atoms with Crippen molar-refractivity contribution in [1.29, 1.82) is 0 Å². The molecule has 0 unspecified atom stereocenters. The maximum atomic E-state index is 11.5. The number of alkyl halides is 2. The molecule has 0 atom stereocenters. The second-order valence-corrected chi connectivity index (χ2v) is 12.2. The zero-order valence-electron chi connectivity index (χ0n) is 23.9. The van der Waals surface area contributed by atoms with E-state index in [2.05, 4.69) is 57.3 Å².